The van der Waals surface area contributed by atoms with Crippen molar-refractivity contribution in [3.05, 3.63) is 3.92 Å². The van der Waals surface area contributed by atoms with Crippen LogP contribution in [0.1, 0.15) is 6.42 Å². The largest absolute Gasteiger partial charge is 0.348 e. The molecule has 1 aliphatic heterocycles. The SMILES string of the molecule is CN1C(=O)CC(Nc2nnc(Br)s2)C1=O. The van der Waals surface area contributed by atoms with Crippen molar-refractivity contribution in [1.29, 1.82) is 0 Å². The molecule has 1 aromatic heterocycles. The molecule has 80 valence electrons. The minimum Gasteiger partial charge on any atom is -0.348 e. The second-order valence-corrected chi connectivity index (χ2v) is 5.31. The molecule has 0 aromatic carbocycles. The minimum atomic E-state index is -0.512. The van der Waals surface area contributed by atoms with Crippen molar-refractivity contribution in [3.8, 4) is 0 Å². The number of imide groups is 1. The Kier molecular flexibility index (Phi) is 2.70. The molecule has 1 atom stereocenters. The standard InChI is InChI=1S/C7H7BrN4O2S/c1-12-4(13)2-3(5(12)14)9-7-11-10-6(8)15-7/h3H,2H2,1H3,(H,9,11). The van der Waals surface area contributed by atoms with Crippen molar-refractivity contribution in [2.45, 2.75) is 12.5 Å². The van der Waals surface area contributed by atoms with Crippen LogP contribution in [0.25, 0.3) is 0 Å². The number of anilines is 1. The maximum absolute atomic E-state index is 11.5. The van der Waals surface area contributed by atoms with Crippen LogP contribution >= 0.6 is 27.3 Å². The lowest BCUT2D eigenvalue weighted by atomic mass is 10.2. The van der Waals surface area contributed by atoms with Gasteiger partial charge in [-0.1, -0.05) is 11.3 Å². The molecule has 0 bridgehead atoms. The number of amides is 2. The third-order valence-electron chi connectivity index (χ3n) is 2.08. The summed E-state index contributed by atoms with van der Waals surface area (Å²) >= 11 is 4.44. The molecule has 0 spiro atoms. The van der Waals surface area contributed by atoms with Gasteiger partial charge in [0.15, 0.2) is 3.92 Å². The fourth-order valence-electron chi connectivity index (χ4n) is 1.28. The van der Waals surface area contributed by atoms with Gasteiger partial charge in [-0.05, 0) is 15.9 Å². The molecule has 2 heterocycles. The van der Waals surface area contributed by atoms with Gasteiger partial charge in [0.2, 0.25) is 11.0 Å². The van der Waals surface area contributed by atoms with E-state index in [0.29, 0.717) is 9.05 Å². The number of hydrogen-bond donors (Lipinski definition) is 1. The predicted octanol–water partition coefficient (Wildman–Crippen LogP) is 0.470. The molecule has 1 aromatic rings. The van der Waals surface area contributed by atoms with Crippen LogP contribution in [0.15, 0.2) is 3.92 Å². The monoisotopic (exact) mass is 290 g/mol. The average molecular weight is 291 g/mol. The van der Waals surface area contributed by atoms with Crippen LogP contribution in [-0.4, -0.2) is 40.0 Å². The van der Waals surface area contributed by atoms with Crippen LogP contribution in [0.3, 0.4) is 0 Å². The first-order valence-corrected chi connectivity index (χ1v) is 5.75. The molecule has 6 nitrogen and oxygen atoms in total. The number of rotatable bonds is 2. The van der Waals surface area contributed by atoms with Crippen LogP contribution in [0, 0.1) is 0 Å². The maximum Gasteiger partial charge on any atom is 0.251 e. The van der Waals surface area contributed by atoms with E-state index in [1.165, 1.54) is 18.4 Å². The van der Waals surface area contributed by atoms with Gasteiger partial charge in [-0.25, -0.2) is 0 Å². The van der Waals surface area contributed by atoms with Gasteiger partial charge in [0, 0.05) is 7.05 Å². The second-order valence-electron chi connectivity index (χ2n) is 3.05. The van der Waals surface area contributed by atoms with Gasteiger partial charge in [-0.3, -0.25) is 14.5 Å². The Labute approximate surface area is 97.8 Å². The molecule has 2 amide bonds. The number of nitrogens with one attached hydrogen (secondary N) is 1. The topological polar surface area (TPSA) is 75.2 Å². The fourth-order valence-corrected chi connectivity index (χ4v) is 2.34. The van der Waals surface area contributed by atoms with E-state index in [9.17, 15) is 9.59 Å². The highest BCUT2D eigenvalue weighted by Gasteiger charge is 2.36. The Balaban J connectivity index is 2.08. The molecule has 1 saturated heterocycles. The van der Waals surface area contributed by atoms with Crippen molar-refractivity contribution >= 4 is 44.2 Å². The predicted molar refractivity (Wildman–Crippen MR) is 57.4 cm³/mol. The Morgan fingerprint density at radius 2 is 2.27 bits per heavy atom. The van der Waals surface area contributed by atoms with E-state index < -0.39 is 6.04 Å². The Bertz CT molecular complexity index is 421. The number of carbonyl (C=O) groups excluding carboxylic acids is 2. The molecule has 1 fully saturated rings. The smallest absolute Gasteiger partial charge is 0.251 e. The average Bonchev–Trinajstić information content (AvgIpc) is 2.68. The Hall–Kier alpha value is -1.02. The maximum atomic E-state index is 11.5. The van der Waals surface area contributed by atoms with Crippen LogP contribution in [0.5, 0.6) is 0 Å². The lowest BCUT2D eigenvalue weighted by Crippen LogP contribution is -2.31. The number of aromatic nitrogens is 2. The molecule has 1 unspecified atom stereocenters. The first-order chi connectivity index (χ1) is 7.08. The highest BCUT2D eigenvalue weighted by Crippen LogP contribution is 2.23. The van der Waals surface area contributed by atoms with E-state index in [4.69, 9.17) is 0 Å². The number of likely N-dealkylation sites (tertiary alicyclic amines) is 1. The molecule has 1 aliphatic rings. The number of carbonyl (C=O) groups is 2. The lowest BCUT2D eigenvalue weighted by molar-refractivity contribution is -0.136. The summed E-state index contributed by atoms with van der Waals surface area (Å²) < 4.78 is 0.634. The first kappa shape index (κ1) is 10.5. The first-order valence-electron chi connectivity index (χ1n) is 4.14. The van der Waals surface area contributed by atoms with E-state index in [1.807, 2.05) is 0 Å². The second kappa shape index (κ2) is 3.86. The number of halogens is 1. The third-order valence-corrected chi connectivity index (χ3v) is 3.37. The zero-order chi connectivity index (χ0) is 11.0. The third kappa shape index (κ3) is 2.00. The van der Waals surface area contributed by atoms with Gasteiger partial charge in [0.25, 0.3) is 5.91 Å². The molecule has 0 saturated carbocycles. The van der Waals surface area contributed by atoms with Crippen LogP contribution in [-0.2, 0) is 9.59 Å². The molecule has 15 heavy (non-hydrogen) atoms. The van der Waals surface area contributed by atoms with Crippen molar-refractivity contribution in [2.75, 3.05) is 12.4 Å². The number of nitrogens with zero attached hydrogens (tertiary/aromatic N) is 3. The summed E-state index contributed by atoms with van der Waals surface area (Å²) in [5.41, 5.74) is 0. The Morgan fingerprint density at radius 3 is 2.73 bits per heavy atom. The van der Waals surface area contributed by atoms with E-state index in [-0.39, 0.29) is 18.2 Å². The molecule has 8 heteroatoms. The summed E-state index contributed by atoms with van der Waals surface area (Å²) in [4.78, 5) is 23.8. The van der Waals surface area contributed by atoms with E-state index in [0.717, 1.165) is 4.90 Å². The van der Waals surface area contributed by atoms with Gasteiger partial charge in [0.1, 0.15) is 6.04 Å². The zero-order valence-electron chi connectivity index (χ0n) is 7.73. The number of hydrogen-bond acceptors (Lipinski definition) is 6. The minimum absolute atomic E-state index is 0.173. The van der Waals surface area contributed by atoms with E-state index >= 15 is 0 Å². The van der Waals surface area contributed by atoms with Crippen LogP contribution in [0.4, 0.5) is 5.13 Å². The van der Waals surface area contributed by atoms with Gasteiger partial charge in [-0.2, -0.15) is 0 Å². The summed E-state index contributed by atoms with van der Waals surface area (Å²) in [6.45, 7) is 0. The summed E-state index contributed by atoms with van der Waals surface area (Å²) in [6, 6.07) is -0.512. The van der Waals surface area contributed by atoms with Crippen molar-refractivity contribution in [2.24, 2.45) is 0 Å². The molecular weight excluding hydrogens is 284 g/mol. The van der Waals surface area contributed by atoms with E-state index in [2.05, 4.69) is 31.4 Å². The highest BCUT2D eigenvalue weighted by atomic mass is 79.9. The summed E-state index contributed by atoms with van der Waals surface area (Å²) in [5, 5.41) is 10.9. The van der Waals surface area contributed by atoms with Gasteiger partial charge in [0.05, 0.1) is 6.42 Å². The van der Waals surface area contributed by atoms with Crippen LogP contribution < -0.4 is 5.32 Å². The normalized spacial score (nSPS) is 21.2. The van der Waals surface area contributed by atoms with Gasteiger partial charge >= 0.3 is 0 Å². The fraction of sp³-hybridized carbons (Fsp3) is 0.429. The molecule has 0 radical (unpaired) electrons. The molecular formula is C7H7BrN4O2S. The molecule has 2 rings (SSSR count). The van der Waals surface area contributed by atoms with Gasteiger partial charge < -0.3 is 5.32 Å². The van der Waals surface area contributed by atoms with Crippen LogP contribution in [0.2, 0.25) is 0 Å². The molecule has 0 aliphatic carbocycles. The van der Waals surface area contributed by atoms with Crippen molar-refractivity contribution < 1.29 is 9.59 Å². The van der Waals surface area contributed by atoms with Crippen molar-refractivity contribution in [3.63, 3.8) is 0 Å². The summed E-state index contributed by atoms with van der Waals surface area (Å²) in [7, 11) is 1.47. The lowest BCUT2D eigenvalue weighted by Gasteiger charge is -2.08. The molecule has 1 N–H and O–H groups in total. The highest BCUT2D eigenvalue weighted by molar-refractivity contribution is 9.11. The number of likely N-dealkylation sites (N-methyl/N-ethyl adjacent to an activating group) is 1. The van der Waals surface area contributed by atoms with E-state index in [1.54, 1.807) is 0 Å². The van der Waals surface area contributed by atoms with Gasteiger partial charge in [-0.15, -0.1) is 10.2 Å². The summed E-state index contributed by atoms with van der Waals surface area (Å²) in [5.74, 6) is -0.410. The summed E-state index contributed by atoms with van der Waals surface area (Å²) in [6.07, 6.45) is 0.173. The Morgan fingerprint density at radius 1 is 1.53 bits per heavy atom. The van der Waals surface area contributed by atoms with Crippen molar-refractivity contribution in [1.82, 2.24) is 15.1 Å². The quantitative estimate of drug-likeness (QED) is 0.802. The zero-order valence-corrected chi connectivity index (χ0v) is 10.1.